The van der Waals surface area contributed by atoms with Gasteiger partial charge < -0.3 is 14.4 Å². The molecule has 1 atom stereocenters. The van der Waals surface area contributed by atoms with Gasteiger partial charge in [-0.25, -0.2) is 4.98 Å². The minimum Gasteiger partial charge on any atom is -0.482 e. The van der Waals surface area contributed by atoms with Crippen molar-refractivity contribution in [2.45, 2.75) is 32.0 Å². The van der Waals surface area contributed by atoms with Crippen LogP contribution in [0.5, 0.6) is 5.75 Å². The summed E-state index contributed by atoms with van der Waals surface area (Å²) in [4.78, 5) is 18.0. The number of rotatable bonds is 5. The zero-order valence-electron chi connectivity index (χ0n) is 12.8. The lowest BCUT2D eigenvalue weighted by Gasteiger charge is -2.32. The minimum absolute atomic E-state index is 0.0547. The van der Waals surface area contributed by atoms with Crippen molar-refractivity contribution in [3.05, 3.63) is 24.0 Å². The van der Waals surface area contributed by atoms with E-state index in [0.717, 1.165) is 12.8 Å². The summed E-state index contributed by atoms with van der Waals surface area (Å²) >= 11 is 0. The van der Waals surface area contributed by atoms with E-state index in [4.69, 9.17) is 9.47 Å². The first-order valence-electron chi connectivity index (χ1n) is 7.46. The maximum atomic E-state index is 12.5. The van der Waals surface area contributed by atoms with Gasteiger partial charge in [-0.2, -0.15) is 13.2 Å². The second-order valence-corrected chi connectivity index (χ2v) is 5.22. The largest absolute Gasteiger partial charge is 0.482 e. The summed E-state index contributed by atoms with van der Waals surface area (Å²) in [5.74, 6) is -0.597. The number of likely N-dealkylation sites (tertiary alicyclic amines) is 1. The summed E-state index contributed by atoms with van der Waals surface area (Å²) in [5.41, 5.74) is -0.103. The molecule has 128 valence electrons. The monoisotopic (exact) mass is 332 g/mol. The van der Waals surface area contributed by atoms with Crippen LogP contribution in [-0.4, -0.2) is 54.4 Å². The highest BCUT2D eigenvalue weighted by atomic mass is 19.4. The van der Waals surface area contributed by atoms with Gasteiger partial charge in [0.1, 0.15) is 0 Å². The van der Waals surface area contributed by atoms with Crippen LogP contribution in [0.15, 0.2) is 18.3 Å². The van der Waals surface area contributed by atoms with E-state index in [1.54, 1.807) is 4.90 Å². The van der Waals surface area contributed by atoms with Crippen molar-refractivity contribution in [2.24, 2.45) is 0 Å². The quantitative estimate of drug-likeness (QED) is 0.832. The third kappa shape index (κ3) is 5.09. The van der Waals surface area contributed by atoms with Crippen molar-refractivity contribution in [1.82, 2.24) is 9.88 Å². The average molecular weight is 332 g/mol. The molecule has 1 aliphatic heterocycles. The van der Waals surface area contributed by atoms with Gasteiger partial charge in [0.2, 0.25) is 0 Å². The van der Waals surface area contributed by atoms with E-state index in [2.05, 4.69) is 4.98 Å². The fraction of sp³-hybridized carbons (Fsp3) is 0.600. The lowest BCUT2D eigenvalue weighted by atomic mass is 10.1. The molecular formula is C15H19F3N2O3. The standard InChI is InChI=1S/C15H19F3N2O3/c1-2-22-11-5-4-8-20(9-11)14(21)13-12(6-3-7-19-13)23-10-15(16,17)18/h3,6-7,11H,2,4-5,8-10H2,1H3. The van der Waals surface area contributed by atoms with Crippen LogP contribution in [-0.2, 0) is 4.74 Å². The van der Waals surface area contributed by atoms with Crippen LogP contribution in [0.4, 0.5) is 13.2 Å². The molecule has 1 aliphatic rings. The van der Waals surface area contributed by atoms with Gasteiger partial charge in [0.05, 0.1) is 6.10 Å². The summed E-state index contributed by atoms with van der Waals surface area (Å²) in [6.07, 6.45) is -1.53. The van der Waals surface area contributed by atoms with Crippen molar-refractivity contribution in [1.29, 1.82) is 0 Å². The number of pyridine rings is 1. The highest BCUT2D eigenvalue weighted by molar-refractivity contribution is 5.95. The molecule has 0 spiro atoms. The van der Waals surface area contributed by atoms with Crippen LogP contribution in [0.1, 0.15) is 30.3 Å². The van der Waals surface area contributed by atoms with Crippen molar-refractivity contribution in [2.75, 3.05) is 26.3 Å². The fourth-order valence-corrected chi connectivity index (χ4v) is 2.47. The number of amides is 1. The van der Waals surface area contributed by atoms with Crippen LogP contribution in [0.2, 0.25) is 0 Å². The predicted octanol–water partition coefficient (Wildman–Crippen LogP) is 2.66. The molecular weight excluding hydrogens is 313 g/mol. The number of aromatic nitrogens is 1. The van der Waals surface area contributed by atoms with E-state index in [9.17, 15) is 18.0 Å². The first-order chi connectivity index (χ1) is 10.9. The van der Waals surface area contributed by atoms with Gasteiger partial charge in [0, 0.05) is 25.9 Å². The van der Waals surface area contributed by atoms with Crippen LogP contribution in [0.25, 0.3) is 0 Å². The molecule has 1 fully saturated rings. The van der Waals surface area contributed by atoms with Gasteiger partial charge in [-0.15, -0.1) is 0 Å². The molecule has 1 saturated heterocycles. The van der Waals surface area contributed by atoms with E-state index in [1.807, 2.05) is 6.92 Å². The van der Waals surface area contributed by atoms with Crippen LogP contribution < -0.4 is 4.74 Å². The minimum atomic E-state index is -4.47. The highest BCUT2D eigenvalue weighted by Gasteiger charge is 2.31. The molecule has 0 N–H and O–H groups in total. The average Bonchev–Trinajstić information content (AvgIpc) is 2.52. The summed E-state index contributed by atoms with van der Waals surface area (Å²) in [6.45, 7) is 1.90. The molecule has 1 unspecified atom stereocenters. The van der Waals surface area contributed by atoms with Crippen LogP contribution in [0.3, 0.4) is 0 Å². The summed E-state index contributed by atoms with van der Waals surface area (Å²) < 4.78 is 47.2. The number of carbonyl (C=O) groups is 1. The number of carbonyl (C=O) groups excluding carboxylic acids is 1. The summed E-state index contributed by atoms with van der Waals surface area (Å²) in [5, 5.41) is 0. The molecule has 8 heteroatoms. The van der Waals surface area contributed by atoms with Crippen molar-refractivity contribution in [3.63, 3.8) is 0 Å². The van der Waals surface area contributed by atoms with Crippen LogP contribution >= 0.6 is 0 Å². The Hall–Kier alpha value is -1.83. The molecule has 0 radical (unpaired) electrons. The van der Waals surface area contributed by atoms with Gasteiger partial charge in [0.15, 0.2) is 18.1 Å². The predicted molar refractivity (Wildman–Crippen MR) is 76.3 cm³/mol. The Kier molecular flexibility index (Phi) is 5.81. The third-order valence-corrected chi connectivity index (χ3v) is 3.43. The topological polar surface area (TPSA) is 51.7 Å². The first-order valence-corrected chi connectivity index (χ1v) is 7.46. The van der Waals surface area contributed by atoms with Gasteiger partial charge in [-0.3, -0.25) is 4.79 Å². The molecule has 23 heavy (non-hydrogen) atoms. The molecule has 2 rings (SSSR count). The second kappa shape index (κ2) is 7.63. The van der Waals surface area contributed by atoms with Crippen molar-refractivity contribution in [3.8, 4) is 5.75 Å². The fourth-order valence-electron chi connectivity index (χ4n) is 2.47. The maximum absolute atomic E-state index is 12.5. The smallest absolute Gasteiger partial charge is 0.422 e. The number of halogens is 3. The van der Waals surface area contributed by atoms with Gasteiger partial charge >= 0.3 is 6.18 Å². The highest BCUT2D eigenvalue weighted by Crippen LogP contribution is 2.23. The Balaban J connectivity index is 2.09. The zero-order valence-corrected chi connectivity index (χ0v) is 12.8. The Bertz CT molecular complexity index is 535. The molecule has 0 bridgehead atoms. The Morgan fingerprint density at radius 2 is 2.26 bits per heavy atom. The first kappa shape index (κ1) is 17.5. The molecule has 1 aromatic rings. The van der Waals surface area contributed by atoms with E-state index >= 15 is 0 Å². The van der Waals surface area contributed by atoms with E-state index in [-0.39, 0.29) is 17.5 Å². The molecule has 0 aliphatic carbocycles. The summed E-state index contributed by atoms with van der Waals surface area (Å²) in [6, 6.07) is 2.75. The van der Waals surface area contributed by atoms with Crippen molar-refractivity contribution >= 4 is 5.91 Å². The number of hydrogen-bond donors (Lipinski definition) is 0. The molecule has 1 aromatic heterocycles. The molecule has 0 saturated carbocycles. The number of ether oxygens (including phenoxy) is 2. The Labute approximate surface area is 132 Å². The maximum Gasteiger partial charge on any atom is 0.422 e. The molecule has 5 nitrogen and oxygen atoms in total. The number of piperidine rings is 1. The number of hydrogen-bond acceptors (Lipinski definition) is 4. The van der Waals surface area contributed by atoms with Gasteiger partial charge in [-0.05, 0) is 31.9 Å². The van der Waals surface area contributed by atoms with Crippen LogP contribution in [0, 0.1) is 0 Å². The zero-order chi connectivity index (χ0) is 16.9. The third-order valence-electron chi connectivity index (χ3n) is 3.43. The molecule has 1 amide bonds. The normalized spacial score (nSPS) is 18.8. The van der Waals surface area contributed by atoms with E-state index in [0.29, 0.717) is 19.7 Å². The number of nitrogens with zero attached hydrogens (tertiary/aromatic N) is 2. The lowest BCUT2D eigenvalue weighted by molar-refractivity contribution is -0.153. The Morgan fingerprint density at radius 3 is 2.96 bits per heavy atom. The van der Waals surface area contributed by atoms with E-state index < -0.39 is 18.7 Å². The summed E-state index contributed by atoms with van der Waals surface area (Å²) in [7, 11) is 0. The van der Waals surface area contributed by atoms with Gasteiger partial charge in [-0.1, -0.05) is 0 Å². The number of alkyl halides is 3. The Morgan fingerprint density at radius 1 is 1.48 bits per heavy atom. The van der Waals surface area contributed by atoms with E-state index in [1.165, 1.54) is 18.3 Å². The molecule has 0 aromatic carbocycles. The second-order valence-electron chi connectivity index (χ2n) is 5.22. The van der Waals surface area contributed by atoms with Gasteiger partial charge in [0.25, 0.3) is 5.91 Å². The SMILES string of the molecule is CCOC1CCCN(C(=O)c2ncccc2OCC(F)(F)F)C1. The molecule has 2 heterocycles. The lowest BCUT2D eigenvalue weighted by Crippen LogP contribution is -2.43. The van der Waals surface area contributed by atoms with Crippen molar-refractivity contribution < 1.29 is 27.4 Å².